The Morgan fingerprint density at radius 1 is 0.537 bits per heavy atom. The maximum Gasteiger partial charge on any atom is 0.218 e. The Balaban J connectivity index is 1.37. The molecule has 2 aromatic heterocycles. The summed E-state index contributed by atoms with van der Waals surface area (Å²) in [5.41, 5.74) is 16.7. The second-order valence-corrected chi connectivity index (χ2v) is 11.0. The van der Waals surface area contributed by atoms with Gasteiger partial charge < -0.3 is 4.90 Å². The molecular weight excluding hydrogens is 498 g/mol. The van der Waals surface area contributed by atoms with Crippen molar-refractivity contribution in [2.75, 3.05) is 4.90 Å². The summed E-state index contributed by atoms with van der Waals surface area (Å²) >= 11 is 0. The van der Waals surface area contributed by atoms with Crippen molar-refractivity contribution in [3.8, 4) is 33.6 Å². The van der Waals surface area contributed by atoms with Gasteiger partial charge in [-0.1, -0.05) is 54.6 Å². The van der Waals surface area contributed by atoms with Crippen molar-refractivity contribution < 1.29 is 9.13 Å². The number of pyridine rings is 2. The molecule has 9 rings (SSSR count). The van der Waals surface area contributed by atoms with Crippen LogP contribution in [0.15, 0.2) is 140 Å². The standard InChI is InChI=1S/C38H27N3/c1-2-10-26(11-3-1)27-18-20-28(21-19-27)41-35-16-8-12-29-31(35)24-37(40-23-7-5-15-34(29)40)32-25-39-22-6-4-14-33(39)30-13-9-17-36(41)38(30)32/h1-23H,24-25H2/q+2. The van der Waals surface area contributed by atoms with Crippen LogP contribution in [-0.2, 0) is 13.0 Å². The van der Waals surface area contributed by atoms with Gasteiger partial charge in [0.25, 0.3) is 0 Å². The van der Waals surface area contributed by atoms with Crippen molar-refractivity contribution in [1.29, 1.82) is 0 Å². The fraction of sp³-hybridized carbons (Fsp3) is 0.0526. The molecule has 0 aliphatic carbocycles. The summed E-state index contributed by atoms with van der Waals surface area (Å²) in [4.78, 5) is 2.50. The van der Waals surface area contributed by atoms with Crippen molar-refractivity contribution >= 4 is 28.3 Å². The quantitative estimate of drug-likeness (QED) is 0.209. The van der Waals surface area contributed by atoms with Crippen molar-refractivity contribution in [2.24, 2.45) is 0 Å². The minimum absolute atomic E-state index is 0.842. The third kappa shape index (κ3) is 3.26. The first kappa shape index (κ1) is 22.5. The molecule has 4 aromatic carbocycles. The van der Waals surface area contributed by atoms with Crippen LogP contribution < -0.4 is 14.0 Å². The molecule has 41 heavy (non-hydrogen) atoms. The van der Waals surface area contributed by atoms with Crippen LogP contribution in [0.3, 0.4) is 0 Å². The Morgan fingerprint density at radius 2 is 1.24 bits per heavy atom. The Kier molecular flexibility index (Phi) is 4.73. The summed E-state index contributed by atoms with van der Waals surface area (Å²) < 4.78 is 4.83. The zero-order valence-electron chi connectivity index (χ0n) is 22.5. The van der Waals surface area contributed by atoms with Gasteiger partial charge in [0.2, 0.25) is 17.1 Å². The molecular formula is C38H27N3+2. The Morgan fingerprint density at radius 3 is 2.10 bits per heavy atom. The highest BCUT2D eigenvalue weighted by Crippen LogP contribution is 2.50. The summed E-state index contributed by atoms with van der Waals surface area (Å²) in [6, 6.07) is 46.4. The molecule has 0 saturated heterocycles. The fourth-order valence-electron chi connectivity index (χ4n) is 7.05. The first-order valence-electron chi connectivity index (χ1n) is 14.3. The summed E-state index contributed by atoms with van der Waals surface area (Å²) in [6.45, 7) is 0.842. The zero-order valence-corrected chi connectivity index (χ0v) is 22.5. The number of allylic oxidation sites excluding steroid dienone is 2. The molecule has 0 N–H and O–H groups in total. The summed E-state index contributed by atoms with van der Waals surface area (Å²) in [7, 11) is 0. The number of benzene rings is 4. The van der Waals surface area contributed by atoms with Gasteiger partial charge in [0.05, 0.1) is 34.5 Å². The molecule has 0 radical (unpaired) electrons. The molecule has 0 amide bonds. The number of nitrogens with zero attached hydrogens (tertiary/aromatic N) is 3. The predicted octanol–water partition coefficient (Wildman–Crippen LogP) is 7.98. The average molecular weight is 526 g/mol. The lowest BCUT2D eigenvalue weighted by molar-refractivity contribution is -0.675. The van der Waals surface area contributed by atoms with E-state index in [9.17, 15) is 0 Å². The molecule has 0 saturated carbocycles. The average Bonchev–Trinajstić information content (AvgIpc) is 3.04. The third-order valence-corrected chi connectivity index (χ3v) is 8.87. The number of fused-ring (bicyclic) bond motifs is 2. The third-order valence-electron chi connectivity index (χ3n) is 8.87. The molecule has 0 fully saturated rings. The van der Waals surface area contributed by atoms with E-state index >= 15 is 0 Å². The molecule has 6 aromatic rings. The van der Waals surface area contributed by atoms with Crippen LogP contribution in [0.2, 0.25) is 0 Å². The molecule has 0 atom stereocenters. The van der Waals surface area contributed by atoms with E-state index in [1.807, 2.05) is 0 Å². The van der Waals surface area contributed by atoms with Crippen LogP contribution >= 0.6 is 0 Å². The van der Waals surface area contributed by atoms with Crippen LogP contribution in [0.4, 0.5) is 17.1 Å². The van der Waals surface area contributed by atoms with Gasteiger partial charge in [-0.05, 0) is 59.7 Å². The molecule has 3 aliphatic rings. The SMILES string of the molecule is c1ccc(-c2ccc(N3c4cccc5c4CC(=C4C[n+]6ccccc6-c6cccc3c64)[n+]3ccccc3-5)cc2)cc1. The van der Waals surface area contributed by atoms with E-state index in [1.54, 1.807) is 0 Å². The van der Waals surface area contributed by atoms with Gasteiger partial charge in [-0.25, -0.2) is 0 Å². The number of hydrogen-bond donors (Lipinski definition) is 0. The topological polar surface area (TPSA) is 11.0 Å². The van der Waals surface area contributed by atoms with E-state index in [1.165, 1.54) is 73.1 Å². The molecule has 0 spiro atoms. The minimum Gasteiger partial charge on any atom is -0.310 e. The number of hydrogen-bond acceptors (Lipinski definition) is 1. The van der Waals surface area contributed by atoms with Gasteiger partial charge in [-0.15, -0.1) is 0 Å². The molecule has 3 nitrogen and oxygen atoms in total. The number of anilines is 3. The normalized spacial score (nSPS) is 14.0. The van der Waals surface area contributed by atoms with Crippen LogP contribution in [0.25, 0.3) is 44.9 Å². The highest BCUT2D eigenvalue weighted by Gasteiger charge is 2.41. The second kappa shape index (κ2) is 8.61. The van der Waals surface area contributed by atoms with Crippen molar-refractivity contribution in [2.45, 2.75) is 13.0 Å². The summed E-state index contributed by atoms with van der Waals surface area (Å²) in [6.07, 6.45) is 5.34. The molecule has 0 unspecified atom stereocenters. The number of aromatic nitrogens is 2. The maximum atomic E-state index is 2.50. The van der Waals surface area contributed by atoms with E-state index in [0.717, 1.165) is 13.0 Å². The van der Waals surface area contributed by atoms with Gasteiger partial charge in [0.15, 0.2) is 18.9 Å². The maximum absolute atomic E-state index is 2.50. The van der Waals surface area contributed by atoms with Crippen molar-refractivity contribution in [3.05, 3.63) is 151 Å². The van der Waals surface area contributed by atoms with E-state index in [0.29, 0.717) is 0 Å². The molecule has 5 heterocycles. The van der Waals surface area contributed by atoms with Crippen LogP contribution in [0.1, 0.15) is 11.1 Å². The lowest BCUT2D eigenvalue weighted by Crippen LogP contribution is -2.45. The van der Waals surface area contributed by atoms with E-state index in [-0.39, 0.29) is 0 Å². The number of rotatable bonds is 2. The van der Waals surface area contributed by atoms with Crippen LogP contribution in [-0.4, -0.2) is 0 Å². The van der Waals surface area contributed by atoms with Crippen LogP contribution in [0.5, 0.6) is 0 Å². The predicted molar refractivity (Wildman–Crippen MR) is 165 cm³/mol. The zero-order chi connectivity index (χ0) is 26.9. The highest BCUT2D eigenvalue weighted by molar-refractivity contribution is 6.01. The summed E-state index contributed by atoms with van der Waals surface area (Å²) in [5, 5.41) is 0. The smallest absolute Gasteiger partial charge is 0.218 e. The lowest BCUT2D eigenvalue weighted by Gasteiger charge is -2.35. The Hall–Kier alpha value is -5.28. The minimum atomic E-state index is 0.842. The monoisotopic (exact) mass is 525 g/mol. The van der Waals surface area contributed by atoms with Gasteiger partial charge in [-0.3, -0.25) is 0 Å². The highest BCUT2D eigenvalue weighted by atomic mass is 15.2. The second-order valence-electron chi connectivity index (χ2n) is 11.0. The van der Waals surface area contributed by atoms with E-state index < -0.39 is 0 Å². The molecule has 3 aliphatic heterocycles. The van der Waals surface area contributed by atoms with Gasteiger partial charge in [0, 0.05) is 41.1 Å². The van der Waals surface area contributed by atoms with E-state index in [4.69, 9.17) is 0 Å². The van der Waals surface area contributed by atoms with Gasteiger partial charge in [-0.2, -0.15) is 9.13 Å². The molecule has 3 heteroatoms. The van der Waals surface area contributed by atoms with Crippen LogP contribution in [0, 0.1) is 0 Å². The van der Waals surface area contributed by atoms with Gasteiger partial charge >= 0.3 is 0 Å². The molecule has 192 valence electrons. The van der Waals surface area contributed by atoms with Crippen molar-refractivity contribution in [3.63, 3.8) is 0 Å². The van der Waals surface area contributed by atoms with Crippen molar-refractivity contribution in [1.82, 2.24) is 0 Å². The lowest BCUT2D eigenvalue weighted by atomic mass is 9.83. The Labute approximate surface area is 239 Å². The largest absolute Gasteiger partial charge is 0.310 e. The first-order valence-corrected chi connectivity index (χ1v) is 14.3. The first-order chi connectivity index (χ1) is 20.3. The fourth-order valence-corrected chi connectivity index (χ4v) is 7.05. The summed E-state index contributed by atoms with van der Waals surface area (Å²) in [5.74, 6) is 0. The Bertz CT molecular complexity index is 2040. The van der Waals surface area contributed by atoms with E-state index in [2.05, 4.69) is 154 Å². The van der Waals surface area contributed by atoms with Gasteiger partial charge in [0.1, 0.15) is 0 Å². The molecule has 4 bridgehead atoms.